The normalized spacial score (nSPS) is 18.6. The van der Waals surface area contributed by atoms with Crippen molar-refractivity contribution in [1.29, 1.82) is 0 Å². The Labute approximate surface area is 232 Å². The van der Waals surface area contributed by atoms with Crippen molar-refractivity contribution in [2.75, 3.05) is 19.5 Å². The molecule has 2 atom stereocenters. The maximum absolute atomic E-state index is 12.9. The fraction of sp³-hybridized carbons (Fsp3) is 0.267. The molecule has 2 aliphatic heterocycles. The van der Waals surface area contributed by atoms with Gasteiger partial charge < -0.3 is 14.8 Å². The number of carbonyl (C=O) groups excluding carboxylic acids is 2. The summed E-state index contributed by atoms with van der Waals surface area (Å²) in [5.74, 6) is 0.428. The van der Waals surface area contributed by atoms with Crippen molar-refractivity contribution in [3.8, 4) is 11.5 Å². The van der Waals surface area contributed by atoms with E-state index >= 15 is 0 Å². The number of anilines is 1. The number of carbonyl (C=O) groups is 2. The van der Waals surface area contributed by atoms with Gasteiger partial charge in [0.05, 0.1) is 31.7 Å². The highest BCUT2D eigenvalue weighted by Crippen LogP contribution is 2.39. The van der Waals surface area contributed by atoms with E-state index in [4.69, 9.17) is 14.6 Å². The lowest BCUT2D eigenvalue weighted by molar-refractivity contribution is -0.121. The van der Waals surface area contributed by atoms with Crippen LogP contribution in [0.3, 0.4) is 0 Å². The summed E-state index contributed by atoms with van der Waals surface area (Å²) in [5.41, 5.74) is 5.89. The average Bonchev–Trinajstić information content (AvgIpc) is 3.53. The van der Waals surface area contributed by atoms with Gasteiger partial charge in [-0.1, -0.05) is 71.4 Å². The second kappa shape index (κ2) is 11.3. The molecule has 2 aliphatic rings. The minimum atomic E-state index is -0.645. The van der Waals surface area contributed by atoms with E-state index in [1.165, 1.54) is 30.0 Å². The Bertz CT molecular complexity index is 1450. The van der Waals surface area contributed by atoms with E-state index in [1.54, 1.807) is 25.3 Å². The lowest BCUT2D eigenvalue weighted by Gasteiger charge is -2.23. The maximum atomic E-state index is 12.9. The summed E-state index contributed by atoms with van der Waals surface area (Å²) in [7, 11) is 3.08. The van der Waals surface area contributed by atoms with Gasteiger partial charge in [0.15, 0.2) is 5.17 Å². The summed E-state index contributed by atoms with van der Waals surface area (Å²) in [6.07, 6.45) is 0.648. The first kappa shape index (κ1) is 26.5. The van der Waals surface area contributed by atoms with Crippen LogP contribution < -0.4 is 14.8 Å². The van der Waals surface area contributed by atoms with Crippen molar-refractivity contribution in [1.82, 2.24) is 5.01 Å². The monoisotopic (exact) mass is 542 g/mol. The van der Waals surface area contributed by atoms with Gasteiger partial charge in [-0.2, -0.15) is 10.1 Å². The number of aliphatic imine (C=N–C) groups is 1. The lowest BCUT2D eigenvalue weighted by Crippen LogP contribution is -2.25. The molecule has 8 nitrogen and oxygen atoms in total. The first-order valence-corrected chi connectivity index (χ1v) is 13.5. The van der Waals surface area contributed by atoms with Crippen molar-refractivity contribution in [3.05, 3.63) is 89.0 Å². The topological polar surface area (TPSA) is 92.6 Å². The number of nitrogens with zero attached hydrogens (tertiary/aromatic N) is 3. The molecule has 1 N–H and O–H groups in total. The third kappa shape index (κ3) is 5.83. The van der Waals surface area contributed by atoms with Gasteiger partial charge in [-0.05, 0) is 37.1 Å². The molecule has 0 bridgehead atoms. The zero-order valence-electron chi connectivity index (χ0n) is 22.3. The fourth-order valence-electron chi connectivity index (χ4n) is 4.54. The number of thioether (sulfide) groups is 1. The molecule has 2 heterocycles. The summed E-state index contributed by atoms with van der Waals surface area (Å²) in [6.45, 7) is 4.11. The molecular formula is C30H30N4O4S. The molecule has 0 saturated heterocycles. The molecule has 0 radical (unpaired) electrons. The van der Waals surface area contributed by atoms with Gasteiger partial charge in [0, 0.05) is 18.9 Å². The van der Waals surface area contributed by atoms with Crippen molar-refractivity contribution in [2.45, 2.75) is 38.0 Å². The molecule has 9 heteroatoms. The lowest BCUT2D eigenvalue weighted by atomic mass is 9.97. The number of ether oxygens (including phenoxy) is 2. The molecule has 0 fully saturated rings. The Morgan fingerprint density at radius 2 is 1.69 bits per heavy atom. The van der Waals surface area contributed by atoms with Gasteiger partial charge in [-0.3, -0.25) is 9.59 Å². The van der Waals surface area contributed by atoms with Gasteiger partial charge in [0.25, 0.3) is 5.91 Å². The van der Waals surface area contributed by atoms with Crippen LogP contribution in [0, 0.1) is 13.8 Å². The third-order valence-corrected chi connectivity index (χ3v) is 7.88. The quantitative estimate of drug-likeness (QED) is 0.424. The van der Waals surface area contributed by atoms with E-state index in [2.05, 4.69) is 72.7 Å². The first-order chi connectivity index (χ1) is 18.8. The van der Waals surface area contributed by atoms with E-state index in [9.17, 15) is 9.59 Å². The predicted molar refractivity (Wildman–Crippen MR) is 155 cm³/mol. The highest BCUT2D eigenvalue weighted by Gasteiger charge is 2.39. The molecule has 3 aromatic rings. The summed E-state index contributed by atoms with van der Waals surface area (Å²) in [4.78, 5) is 30.2. The molecule has 2 unspecified atom stereocenters. The van der Waals surface area contributed by atoms with E-state index < -0.39 is 5.25 Å². The molecule has 0 aliphatic carbocycles. The van der Waals surface area contributed by atoms with Crippen LogP contribution in [0.25, 0.3) is 0 Å². The number of benzene rings is 3. The van der Waals surface area contributed by atoms with Gasteiger partial charge >= 0.3 is 0 Å². The largest absolute Gasteiger partial charge is 0.497 e. The SMILES string of the molecule is COc1ccc(OC)c(NC(=O)CC2SC(N3N=C(c4ccc(C)cc4)CC3c3ccc(C)cc3)=NC2=O)c1. The number of amidine groups is 1. The Balaban J connectivity index is 1.34. The molecule has 39 heavy (non-hydrogen) atoms. The summed E-state index contributed by atoms with van der Waals surface area (Å²) in [6, 6.07) is 21.6. The van der Waals surface area contributed by atoms with Crippen molar-refractivity contribution >= 4 is 40.1 Å². The summed E-state index contributed by atoms with van der Waals surface area (Å²) < 4.78 is 10.6. The van der Waals surface area contributed by atoms with Crippen LogP contribution in [0.15, 0.2) is 76.8 Å². The third-order valence-electron chi connectivity index (χ3n) is 6.73. The van der Waals surface area contributed by atoms with Crippen LogP contribution in [0.5, 0.6) is 11.5 Å². The van der Waals surface area contributed by atoms with Crippen LogP contribution in [0.1, 0.15) is 41.1 Å². The van der Waals surface area contributed by atoms with Gasteiger partial charge in [0.2, 0.25) is 5.91 Å². The smallest absolute Gasteiger partial charge is 0.262 e. The second-order valence-electron chi connectivity index (χ2n) is 9.55. The maximum Gasteiger partial charge on any atom is 0.262 e. The van der Waals surface area contributed by atoms with E-state index in [0.717, 1.165) is 16.8 Å². The standard InChI is InChI=1S/C30H30N4O4S/c1-18-5-9-20(10-6-18)23-16-25(21-11-7-19(2)8-12-21)34(33-23)30-32-29(36)27(39-30)17-28(35)31-24-15-22(37-3)13-14-26(24)38-4/h5-15,25,27H,16-17H2,1-4H3,(H,31,35). The van der Waals surface area contributed by atoms with Gasteiger partial charge in [-0.25, -0.2) is 5.01 Å². The molecule has 3 aromatic carbocycles. The molecule has 200 valence electrons. The van der Waals surface area contributed by atoms with Crippen LogP contribution in [-0.4, -0.2) is 47.2 Å². The molecule has 0 spiro atoms. The highest BCUT2D eigenvalue weighted by molar-refractivity contribution is 8.15. The van der Waals surface area contributed by atoms with E-state index in [-0.39, 0.29) is 24.3 Å². The Morgan fingerprint density at radius 1 is 1.00 bits per heavy atom. The highest BCUT2D eigenvalue weighted by atomic mass is 32.2. The number of hydrogen-bond acceptors (Lipinski definition) is 7. The Kier molecular flexibility index (Phi) is 7.70. The molecule has 5 rings (SSSR count). The zero-order valence-corrected chi connectivity index (χ0v) is 23.1. The van der Waals surface area contributed by atoms with Gasteiger partial charge in [-0.15, -0.1) is 0 Å². The zero-order chi connectivity index (χ0) is 27.5. The number of hydrogen-bond donors (Lipinski definition) is 1. The van der Waals surface area contributed by atoms with Crippen molar-refractivity contribution in [2.24, 2.45) is 10.1 Å². The number of nitrogens with one attached hydrogen (secondary N) is 1. The van der Waals surface area contributed by atoms with Crippen LogP contribution in [0.4, 0.5) is 5.69 Å². The second-order valence-corrected chi connectivity index (χ2v) is 10.7. The fourth-order valence-corrected chi connectivity index (χ4v) is 5.60. The first-order valence-electron chi connectivity index (χ1n) is 12.7. The minimum absolute atomic E-state index is 0.0333. The Hall–Kier alpha value is -4.11. The van der Waals surface area contributed by atoms with Gasteiger partial charge in [0.1, 0.15) is 16.7 Å². The molecule has 0 aromatic heterocycles. The van der Waals surface area contributed by atoms with Crippen molar-refractivity contribution < 1.29 is 19.1 Å². The van der Waals surface area contributed by atoms with E-state index in [0.29, 0.717) is 28.8 Å². The molecule has 0 saturated carbocycles. The number of amides is 2. The van der Waals surface area contributed by atoms with E-state index in [1.807, 2.05) is 5.01 Å². The van der Waals surface area contributed by atoms with Crippen LogP contribution >= 0.6 is 11.8 Å². The molecular weight excluding hydrogens is 512 g/mol. The minimum Gasteiger partial charge on any atom is -0.497 e. The van der Waals surface area contributed by atoms with Crippen molar-refractivity contribution in [3.63, 3.8) is 0 Å². The number of aryl methyl sites for hydroxylation is 2. The summed E-state index contributed by atoms with van der Waals surface area (Å²) in [5, 5.41) is 9.46. The number of hydrazone groups is 1. The molecule has 2 amide bonds. The van der Waals surface area contributed by atoms with Crippen LogP contribution in [-0.2, 0) is 9.59 Å². The average molecular weight is 543 g/mol. The predicted octanol–water partition coefficient (Wildman–Crippen LogP) is 5.50. The summed E-state index contributed by atoms with van der Waals surface area (Å²) >= 11 is 1.28. The number of methoxy groups -OCH3 is 2. The number of rotatable bonds is 7. The Morgan fingerprint density at radius 3 is 2.36 bits per heavy atom. The van der Waals surface area contributed by atoms with Crippen LogP contribution in [0.2, 0.25) is 0 Å².